The molecule has 1 atom stereocenters. The van der Waals surface area contributed by atoms with Crippen molar-refractivity contribution in [3.05, 3.63) is 63.2 Å². The van der Waals surface area contributed by atoms with E-state index in [9.17, 15) is 4.39 Å². The maximum atomic E-state index is 13.3. The average molecular weight is 370 g/mol. The summed E-state index contributed by atoms with van der Waals surface area (Å²) in [6.45, 7) is 2.89. The summed E-state index contributed by atoms with van der Waals surface area (Å²) < 4.78 is 14.5. The Hall–Kier alpha value is -1.01. The SMILES string of the molecule is CCNC(Cc1ccc(I)cc1)c1cncc(F)c1. The lowest BCUT2D eigenvalue weighted by Crippen LogP contribution is -2.23. The molecule has 19 heavy (non-hydrogen) atoms. The van der Waals surface area contributed by atoms with Crippen LogP contribution in [0.1, 0.15) is 24.1 Å². The second kappa shape index (κ2) is 6.96. The van der Waals surface area contributed by atoms with Gasteiger partial charge in [0.15, 0.2) is 0 Å². The van der Waals surface area contributed by atoms with Crippen LogP contribution in [0.2, 0.25) is 0 Å². The molecule has 1 heterocycles. The topological polar surface area (TPSA) is 24.9 Å². The zero-order valence-corrected chi connectivity index (χ0v) is 12.9. The van der Waals surface area contributed by atoms with Crippen molar-refractivity contribution in [1.29, 1.82) is 0 Å². The molecule has 4 heteroatoms. The Labute approximate surface area is 126 Å². The molecule has 0 spiro atoms. The Morgan fingerprint density at radius 2 is 2.00 bits per heavy atom. The first-order chi connectivity index (χ1) is 9.19. The molecule has 1 N–H and O–H groups in total. The molecule has 0 aliphatic rings. The molecule has 0 bridgehead atoms. The summed E-state index contributed by atoms with van der Waals surface area (Å²) in [6.07, 6.45) is 3.79. The van der Waals surface area contributed by atoms with E-state index >= 15 is 0 Å². The van der Waals surface area contributed by atoms with Crippen molar-refractivity contribution in [3.8, 4) is 0 Å². The van der Waals surface area contributed by atoms with Crippen molar-refractivity contribution in [1.82, 2.24) is 10.3 Å². The summed E-state index contributed by atoms with van der Waals surface area (Å²) >= 11 is 2.29. The maximum absolute atomic E-state index is 13.3. The molecule has 0 fully saturated rings. The van der Waals surface area contributed by atoms with Gasteiger partial charge in [0.25, 0.3) is 0 Å². The van der Waals surface area contributed by atoms with Crippen LogP contribution in [-0.2, 0) is 6.42 Å². The Morgan fingerprint density at radius 3 is 2.63 bits per heavy atom. The van der Waals surface area contributed by atoms with Gasteiger partial charge in [-0.05, 0) is 64.9 Å². The fraction of sp³-hybridized carbons (Fsp3) is 0.267. The number of aromatic nitrogens is 1. The zero-order chi connectivity index (χ0) is 13.7. The van der Waals surface area contributed by atoms with Gasteiger partial charge in [-0.1, -0.05) is 19.1 Å². The van der Waals surface area contributed by atoms with E-state index in [-0.39, 0.29) is 11.9 Å². The van der Waals surface area contributed by atoms with Crippen LogP contribution in [0.3, 0.4) is 0 Å². The minimum Gasteiger partial charge on any atom is -0.310 e. The van der Waals surface area contributed by atoms with Gasteiger partial charge < -0.3 is 5.32 Å². The van der Waals surface area contributed by atoms with Crippen molar-refractivity contribution in [2.45, 2.75) is 19.4 Å². The molecular weight excluding hydrogens is 354 g/mol. The van der Waals surface area contributed by atoms with Crippen molar-refractivity contribution in [2.75, 3.05) is 6.54 Å². The van der Waals surface area contributed by atoms with Crippen LogP contribution >= 0.6 is 22.6 Å². The number of nitrogens with zero attached hydrogens (tertiary/aromatic N) is 1. The monoisotopic (exact) mass is 370 g/mol. The van der Waals surface area contributed by atoms with E-state index < -0.39 is 0 Å². The molecule has 2 nitrogen and oxygen atoms in total. The summed E-state index contributed by atoms with van der Waals surface area (Å²) in [4.78, 5) is 3.93. The number of halogens is 2. The minimum absolute atomic E-state index is 0.0910. The zero-order valence-electron chi connectivity index (χ0n) is 10.7. The standard InChI is InChI=1S/C15H16FIN2/c1-2-19-15(12-8-13(16)10-18-9-12)7-11-3-5-14(17)6-4-11/h3-6,8-10,15,19H,2,7H2,1H3. The first-order valence-corrected chi connectivity index (χ1v) is 7.35. The summed E-state index contributed by atoms with van der Waals surface area (Å²) in [6, 6.07) is 10.0. The number of likely N-dealkylation sites (N-methyl/N-ethyl adjacent to an activating group) is 1. The summed E-state index contributed by atoms with van der Waals surface area (Å²) in [5, 5.41) is 3.38. The van der Waals surface area contributed by atoms with E-state index in [1.54, 1.807) is 12.3 Å². The summed E-state index contributed by atoms with van der Waals surface area (Å²) in [5.41, 5.74) is 2.12. The third kappa shape index (κ3) is 4.24. The van der Waals surface area contributed by atoms with Crippen molar-refractivity contribution >= 4 is 22.6 Å². The Balaban J connectivity index is 2.18. The van der Waals surface area contributed by atoms with Crippen LogP contribution < -0.4 is 5.32 Å². The third-order valence-corrected chi connectivity index (χ3v) is 3.65. The molecule has 2 rings (SSSR count). The lowest BCUT2D eigenvalue weighted by Gasteiger charge is -2.18. The molecule has 0 radical (unpaired) electrons. The highest BCUT2D eigenvalue weighted by molar-refractivity contribution is 14.1. The summed E-state index contributed by atoms with van der Waals surface area (Å²) in [7, 11) is 0. The molecule has 100 valence electrons. The second-order valence-electron chi connectivity index (χ2n) is 4.38. The molecule has 1 aromatic heterocycles. The molecule has 0 amide bonds. The average Bonchev–Trinajstić information content (AvgIpc) is 2.41. The van der Waals surface area contributed by atoms with Gasteiger partial charge in [0.2, 0.25) is 0 Å². The van der Waals surface area contributed by atoms with E-state index in [4.69, 9.17) is 0 Å². The van der Waals surface area contributed by atoms with Crippen LogP contribution in [0.5, 0.6) is 0 Å². The lowest BCUT2D eigenvalue weighted by molar-refractivity contribution is 0.539. The smallest absolute Gasteiger partial charge is 0.141 e. The predicted molar refractivity (Wildman–Crippen MR) is 83.5 cm³/mol. The van der Waals surface area contributed by atoms with E-state index in [2.05, 4.69) is 57.2 Å². The number of hydrogen-bond acceptors (Lipinski definition) is 2. The number of rotatable bonds is 5. The van der Waals surface area contributed by atoms with E-state index in [1.807, 2.05) is 6.92 Å². The van der Waals surface area contributed by atoms with Gasteiger partial charge in [0.05, 0.1) is 6.20 Å². The van der Waals surface area contributed by atoms with Crippen LogP contribution in [0.15, 0.2) is 42.7 Å². The quantitative estimate of drug-likeness (QED) is 0.812. The van der Waals surface area contributed by atoms with Gasteiger partial charge in [-0.3, -0.25) is 4.98 Å². The number of pyridine rings is 1. The number of nitrogens with one attached hydrogen (secondary N) is 1. The largest absolute Gasteiger partial charge is 0.310 e. The highest BCUT2D eigenvalue weighted by Gasteiger charge is 2.12. The molecule has 0 saturated heterocycles. The van der Waals surface area contributed by atoms with Crippen molar-refractivity contribution in [3.63, 3.8) is 0 Å². The molecule has 1 aromatic carbocycles. The molecule has 1 unspecified atom stereocenters. The Morgan fingerprint density at radius 1 is 1.26 bits per heavy atom. The first-order valence-electron chi connectivity index (χ1n) is 6.27. The van der Waals surface area contributed by atoms with Crippen molar-refractivity contribution in [2.24, 2.45) is 0 Å². The molecule has 2 aromatic rings. The van der Waals surface area contributed by atoms with E-state index in [0.717, 1.165) is 18.5 Å². The van der Waals surface area contributed by atoms with Gasteiger partial charge in [0, 0.05) is 15.8 Å². The molecule has 0 aliphatic carbocycles. The Kier molecular flexibility index (Phi) is 5.27. The van der Waals surface area contributed by atoms with Crippen LogP contribution in [0.25, 0.3) is 0 Å². The predicted octanol–water partition coefficient (Wildman–Crippen LogP) is 3.72. The maximum Gasteiger partial charge on any atom is 0.141 e. The van der Waals surface area contributed by atoms with Gasteiger partial charge >= 0.3 is 0 Å². The Bertz CT molecular complexity index is 528. The molecular formula is C15H16FIN2. The van der Waals surface area contributed by atoms with E-state index in [0.29, 0.717) is 0 Å². The second-order valence-corrected chi connectivity index (χ2v) is 5.62. The fourth-order valence-corrected chi connectivity index (χ4v) is 2.39. The summed E-state index contributed by atoms with van der Waals surface area (Å²) in [5.74, 6) is -0.289. The van der Waals surface area contributed by atoms with Crippen molar-refractivity contribution < 1.29 is 4.39 Å². The number of benzene rings is 1. The minimum atomic E-state index is -0.289. The van der Waals surface area contributed by atoms with E-state index in [1.165, 1.54) is 15.3 Å². The lowest BCUT2D eigenvalue weighted by atomic mass is 10.00. The first kappa shape index (κ1) is 14.4. The number of hydrogen-bond donors (Lipinski definition) is 1. The van der Waals surface area contributed by atoms with Gasteiger partial charge in [-0.25, -0.2) is 4.39 Å². The normalized spacial score (nSPS) is 12.4. The highest BCUT2D eigenvalue weighted by atomic mass is 127. The van der Waals surface area contributed by atoms with Crippen LogP contribution in [0.4, 0.5) is 4.39 Å². The molecule has 0 saturated carbocycles. The van der Waals surface area contributed by atoms with Crippen LogP contribution in [0, 0.1) is 9.39 Å². The fourth-order valence-electron chi connectivity index (χ4n) is 2.03. The highest BCUT2D eigenvalue weighted by Crippen LogP contribution is 2.19. The van der Waals surface area contributed by atoms with Gasteiger partial charge in [0.1, 0.15) is 5.82 Å². The molecule has 0 aliphatic heterocycles. The van der Waals surface area contributed by atoms with Crippen LogP contribution in [-0.4, -0.2) is 11.5 Å². The van der Waals surface area contributed by atoms with Gasteiger partial charge in [-0.15, -0.1) is 0 Å². The third-order valence-electron chi connectivity index (χ3n) is 2.93. The van der Waals surface area contributed by atoms with Gasteiger partial charge in [-0.2, -0.15) is 0 Å².